The van der Waals surface area contributed by atoms with E-state index in [-0.39, 0.29) is 6.04 Å². The molecule has 1 saturated carbocycles. The monoisotopic (exact) mass is 207 g/mol. The summed E-state index contributed by atoms with van der Waals surface area (Å²) >= 11 is 0. The van der Waals surface area contributed by atoms with Gasteiger partial charge in [0, 0.05) is 12.6 Å². The summed E-state index contributed by atoms with van der Waals surface area (Å²) in [6.07, 6.45) is 7.59. The molecule has 1 N–H and O–H groups in total. The Labute approximate surface area is 92.4 Å². The molecule has 2 rings (SSSR count). The van der Waals surface area contributed by atoms with Crippen molar-refractivity contribution in [3.8, 4) is 6.07 Å². The minimum atomic E-state index is 0.0828. The summed E-state index contributed by atoms with van der Waals surface area (Å²) in [5.41, 5.74) is 0. The average Bonchev–Trinajstić information content (AvgIpc) is 3.09. The Balaban J connectivity index is 1.63. The van der Waals surface area contributed by atoms with Crippen molar-refractivity contribution in [2.24, 2.45) is 0 Å². The van der Waals surface area contributed by atoms with E-state index in [2.05, 4.69) is 16.3 Å². The summed E-state index contributed by atoms with van der Waals surface area (Å²) in [5.74, 6) is 0. The van der Waals surface area contributed by atoms with Gasteiger partial charge in [-0.3, -0.25) is 5.32 Å². The van der Waals surface area contributed by atoms with Crippen molar-refractivity contribution in [3.05, 3.63) is 0 Å². The second-order valence-corrected chi connectivity index (χ2v) is 4.81. The van der Waals surface area contributed by atoms with Crippen LogP contribution in [0.5, 0.6) is 0 Å². The SMILES string of the molecule is N#CC(CCN1CCCCC1)NC1CC1. The molecule has 1 heterocycles. The lowest BCUT2D eigenvalue weighted by Gasteiger charge is -2.27. The van der Waals surface area contributed by atoms with Crippen LogP contribution in [0, 0.1) is 11.3 Å². The molecule has 15 heavy (non-hydrogen) atoms. The predicted octanol–water partition coefficient (Wildman–Crippen LogP) is 1.51. The zero-order chi connectivity index (χ0) is 10.5. The van der Waals surface area contributed by atoms with Crippen molar-refractivity contribution in [1.29, 1.82) is 5.26 Å². The third kappa shape index (κ3) is 3.81. The summed E-state index contributed by atoms with van der Waals surface area (Å²) in [6.45, 7) is 3.57. The molecule has 1 atom stereocenters. The third-order valence-electron chi connectivity index (χ3n) is 3.35. The summed E-state index contributed by atoms with van der Waals surface area (Å²) in [6, 6.07) is 3.11. The number of piperidine rings is 1. The number of hydrogen-bond donors (Lipinski definition) is 1. The number of hydrogen-bond acceptors (Lipinski definition) is 3. The van der Waals surface area contributed by atoms with E-state index >= 15 is 0 Å². The Morgan fingerprint density at radius 2 is 2.00 bits per heavy atom. The van der Waals surface area contributed by atoms with E-state index in [9.17, 15) is 0 Å². The lowest BCUT2D eigenvalue weighted by atomic mass is 10.1. The average molecular weight is 207 g/mol. The van der Waals surface area contributed by atoms with Crippen LogP contribution in [0.4, 0.5) is 0 Å². The van der Waals surface area contributed by atoms with Crippen LogP contribution < -0.4 is 5.32 Å². The molecule has 1 saturated heterocycles. The molecule has 3 heteroatoms. The normalized spacial score (nSPS) is 24.7. The molecule has 84 valence electrons. The molecule has 1 aliphatic carbocycles. The van der Waals surface area contributed by atoms with Crippen LogP contribution in [0.15, 0.2) is 0 Å². The van der Waals surface area contributed by atoms with Gasteiger partial charge in [0.05, 0.1) is 12.1 Å². The molecule has 0 amide bonds. The first kappa shape index (κ1) is 10.9. The maximum Gasteiger partial charge on any atom is 0.0967 e. The van der Waals surface area contributed by atoms with Gasteiger partial charge >= 0.3 is 0 Å². The molecule has 0 bridgehead atoms. The molecule has 0 radical (unpaired) electrons. The summed E-state index contributed by atoms with van der Waals surface area (Å²) < 4.78 is 0. The Kier molecular flexibility index (Phi) is 3.99. The van der Waals surface area contributed by atoms with Crippen LogP contribution in [-0.2, 0) is 0 Å². The highest BCUT2D eigenvalue weighted by Gasteiger charge is 2.24. The van der Waals surface area contributed by atoms with Crippen LogP contribution in [0.2, 0.25) is 0 Å². The van der Waals surface area contributed by atoms with Crippen LogP contribution in [0.25, 0.3) is 0 Å². The van der Waals surface area contributed by atoms with Gasteiger partial charge in [-0.1, -0.05) is 6.42 Å². The molecule has 0 aromatic rings. The van der Waals surface area contributed by atoms with Gasteiger partial charge in [-0.15, -0.1) is 0 Å². The van der Waals surface area contributed by atoms with E-state index in [0.29, 0.717) is 6.04 Å². The van der Waals surface area contributed by atoms with Gasteiger partial charge < -0.3 is 4.90 Å². The Morgan fingerprint density at radius 1 is 1.27 bits per heavy atom. The lowest BCUT2D eigenvalue weighted by Crippen LogP contribution is -2.36. The molecule has 0 aromatic carbocycles. The molecule has 2 fully saturated rings. The minimum Gasteiger partial charge on any atom is -0.303 e. The van der Waals surface area contributed by atoms with E-state index in [4.69, 9.17) is 5.26 Å². The standard InChI is InChI=1S/C12H21N3/c13-10-12(14-11-4-5-11)6-9-15-7-2-1-3-8-15/h11-12,14H,1-9H2. The van der Waals surface area contributed by atoms with E-state index in [1.165, 1.54) is 45.2 Å². The van der Waals surface area contributed by atoms with Gasteiger partial charge in [-0.05, 0) is 45.2 Å². The predicted molar refractivity (Wildman–Crippen MR) is 60.5 cm³/mol. The van der Waals surface area contributed by atoms with Crippen LogP contribution in [0.3, 0.4) is 0 Å². The quantitative estimate of drug-likeness (QED) is 0.742. The van der Waals surface area contributed by atoms with Gasteiger partial charge in [-0.25, -0.2) is 0 Å². The largest absolute Gasteiger partial charge is 0.303 e. The Hall–Kier alpha value is -0.590. The highest BCUT2D eigenvalue weighted by molar-refractivity contribution is 4.96. The van der Waals surface area contributed by atoms with Crippen LogP contribution >= 0.6 is 0 Å². The first-order valence-electron chi connectivity index (χ1n) is 6.26. The van der Waals surface area contributed by atoms with Crippen molar-refractivity contribution in [3.63, 3.8) is 0 Å². The van der Waals surface area contributed by atoms with Gasteiger partial charge in [-0.2, -0.15) is 5.26 Å². The highest BCUT2D eigenvalue weighted by atomic mass is 15.1. The summed E-state index contributed by atoms with van der Waals surface area (Å²) in [4.78, 5) is 2.50. The summed E-state index contributed by atoms with van der Waals surface area (Å²) in [7, 11) is 0. The molecule has 0 spiro atoms. The van der Waals surface area contributed by atoms with Crippen molar-refractivity contribution >= 4 is 0 Å². The number of rotatable bonds is 5. The second-order valence-electron chi connectivity index (χ2n) is 4.81. The zero-order valence-corrected chi connectivity index (χ0v) is 9.41. The fourth-order valence-corrected chi connectivity index (χ4v) is 2.21. The van der Waals surface area contributed by atoms with E-state index in [1.807, 2.05) is 0 Å². The number of nitrogens with one attached hydrogen (secondary N) is 1. The van der Waals surface area contributed by atoms with Crippen molar-refractivity contribution in [2.75, 3.05) is 19.6 Å². The number of nitrogens with zero attached hydrogens (tertiary/aromatic N) is 2. The number of likely N-dealkylation sites (tertiary alicyclic amines) is 1. The molecule has 2 aliphatic rings. The van der Waals surface area contributed by atoms with E-state index in [1.54, 1.807) is 0 Å². The number of nitriles is 1. The summed E-state index contributed by atoms with van der Waals surface area (Å²) in [5, 5.41) is 12.4. The minimum absolute atomic E-state index is 0.0828. The molecule has 1 unspecified atom stereocenters. The van der Waals surface area contributed by atoms with Crippen molar-refractivity contribution in [2.45, 2.75) is 50.6 Å². The Morgan fingerprint density at radius 3 is 2.60 bits per heavy atom. The smallest absolute Gasteiger partial charge is 0.0967 e. The highest BCUT2D eigenvalue weighted by Crippen LogP contribution is 2.20. The molecule has 1 aliphatic heterocycles. The van der Waals surface area contributed by atoms with Gasteiger partial charge in [0.2, 0.25) is 0 Å². The molecule has 0 aromatic heterocycles. The molecular weight excluding hydrogens is 186 g/mol. The van der Waals surface area contributed by atoms with Gasteiger partial charge in [0.15, 0.2) is 0 Å². The van der Waals surface area contributed by atoms with Crippen LogP contribution in [0.1, 0.15) is 38.5 Å². The molecular formula is C12H21N3. The fourth-order valence-electron chi connectivity index (χ4n) is 2.21. The van der Waals surface area contributed by atoms with E-state index in [0.717, 1.165) is 13.0 Å². The maximum atomic E-state index is 9.00. The first-order chi connectivity index (χ1) is 7.38. The Bertz CT molecular complexity index is 224. The lowest BCUT2D eigenvalue weighted by molar-refractivity contribution is 0.221. The fraction of sp³-hybridized carbons (Fsp3) is 0.917. The molecule has 3 nitrogen and oxygen atoms in total. The van der Waals surface area contributed by atoms with Crippen LogP contribution in [-0.4, -0.2) is 36.6 Å². The third-order valence-corrected chi connectivity index (χ3v) is 3.35. The van der Waals surface area contributed by atoms with E-state index < -0.39 is 0 Å². The van der Waals surface area contributed by atoms with Gasteiger partial charge in [0.25, 0.3) is 0 Å². The zero-order valence-electron chi connectivity index (χ0n) is 9.41. The van der Waals surface area contributed by atoms with Crippen molar-refractivity contribution in [1.82, 2.24) is 10.2 Å². The first-order valence-corrected chi connectivity index (χ1v) is 6.26. The maximum absolute atomic E-state index is 9.00. The second kappa shape index (κ2) is 5.48. The topological polar surface area (TPSA) is 39.1 Å². The van der Waals surface area contributed by atoms with Gasteiger partial charge in [0.1, 0.15) is 0 Å². The van der Waals surface area contributed by atoms with Crippen molar-refractivity contribution < 1.29 is 0 Å².